The van der Waals surface area contributed by atoms with Crippen molar-refractivity contribution in [3.63, 3.8) is 0 Å². The average Bonchev–Trinajstić information content (AvgIpc) is 2.51. The first-order valence-corrected chi connectivity index (χ1v) is 7.94. The molecule has 0 saturated heterocycles. The third-order valence-corrected chi connectivity index (χ3v) is 3.42. The molecule has 0 aromatic heterocycles. The van der Waals surface area contributed by atoms with Crippen molar-refractivity contribution in [3.05, 3.63) is 34.3 Å². The molecule has 0 fully saturated rings. The molecule has 0 atom stereocenters. The summed E-state index contributed by atoms with van der Waals surface area (Å²) in [6.07, 6.45) is -0.0928. The maximum atomic E-state index is 11.9. The van der Waals surface area contributed by atoms with Crippen LogP contribution in [0.5, 0.6) is 0 Å². The van der Waals surface area contributed by atoms with Crippen LogP contribution in [0.4, 0.5) is 0 Å². The van der Waals surface area contributed by atoms with Crippen molar-refractivity contribution < 1.29 is 19.1 Å². The van der Waals surface area contributed by atoms with Crippen molar-refractivity contribution in [2.75, 3.05) is 6.61 Å². The van der Waals surface area contributed by atoms with E-state index in [0.29, 0.717) is 10.0 Å². The molecule has 9 heteroatoms. The number of carbonyl (C=O) groups is 3. The largest absolute Gasteiger partial charge is 0.466 e. The van der Waals surface area contributed by atoms with Crippen molar-refractivity contribution in [2.45, 2.75) is 19.8 Å². The van der Waals surface area contributed by atoms with E-state index < -0.39 is 17.8 Å². The number of hydrogen-bond acceptors (Lipinski definition) is 5. The fraction of sp³-hybridized carbons (Fsp3) is 0.286. The number of thiocarbonyl (C=S) groups is 1. The number of benzene rings is 1. The second-order valence-electron chi connectivity index (χ2n) is 4.24. The van der Waals surface area contributed by atoms with E-state index in [4.69, 9.17) is 17.0 Å². The van der Waals surface area contributed by atoms with Gasteiger partial charge >= 0.3 is 5.97 Å². The third kappa shape index (κ3) is 7.20. The van der Waals surface area contributed by atoms with E-state index in [1.165, 1.54) is 0 Å². The Morgan fingerprint density at radius 3 is 2.52 bits per heavy atom. The topological polar surface area (TPSA) is 96.5 Å². The number of hydrazine groups is 1. The minimum atomic E-state index is -0.455. The van der Waals surface area contributed by atoms with Gasteiger partial charge in [0.1, 0.15) is 0 Å². The number of amides is 2. The lowest BCUT2D eigenvalue weighted by molar-refractivity contribution is -0.144. The van der Waals surface area contributed by atoms with Crippen molar-refractivity contribution in [3.8, 4) is 0 Å². The zero-order valence-corrected chi connectivity index (χ0v) is 14.8. The van der Waals surface area contributed by atoms with Crippen LogP contribution in [0.3, 0.4) is 0 Å². The standard InChI is InChI=1S/C14H16BrN3O4S/c1-2-22-12(20)8-7-11(19)16-14(23)18-17-13(21)9-5-3-4-6-10(9)15/h3-6H,2,7-8H2,1H3,(H,17,21)(H2,16,18,19,23). The Bertz CT molecular complexity index is 609. The molecule has 0 saturated carbocycles. The van der Waals surface area contributed by atoms with Crippen molar-refractivity contribution in [2.24, 2.45) is 0 Å². The number of nitrogens with one attached hydrogen (secondary N) is 3. The summed E-state index contributed by atoms with van der Waals surface area (Å²) < 4.78 is 5.34. The van der Waals surface area contributed by atoms with E-state index in [2.05, 4.69) is 32.1 Å². The first kappa shape index (κ1) is 19.0. The van der Waals surface area contributed by atoms with Gasteiger partial charge in [-0.3, -0.25) is 25.2 Å². The van der Waals surface area contributed by atoms with Crippen LogP contribution in [0.25, 0.3) is 0 Å². The van der Waals surface area contributed by atoms with E-state index in [-0.39, 0.29) is 24.6 Å². The molecule has 1 aromatic carbocycles. The molecule has 0 bridgehead atoms. The Labute approximate surface area is 147 Å². The van der Waals surface area contributed by atoms with E-state index in [1.807, 2.05) is 0 Å². The highest BCUT2D eigenvalue weighted by Gasteiger charge is 2.11. The highest BCUT2D eigenvalue weighted by Crippen LogP contribution is 2.14. The van der Waals surface area contributed by atoms with Crippen LogP contribution in [0, 0.1) is 0 Å². The first-order valence-electron chi connectivity index (χ1n) is 6.74. The van der Waals surface area contributed by atoms with Crippen LogP contribution in [0.2, 0.25) is 0 Å². The van der Waals surface area contributed by atoms with Gasteiger partial charge in [0, 0.05) is 10.9 Å². The van der Waals surface area contributed by atoms with Crippen LogP contribution in [0.1, 0.15) is 30.1 Å². The summed E-state index contributed by atoms with van der Waals surface area (Å²) >= 11 is 8.13. The Balaban J connectivity index is 2.34. The lowest BCUT2D eigenvalue weighted by atomic mass is 10.2. The van der Waals surface area contributed by atoms with Gasteiger partial charge in [0.2, 0.25) is 5.91 Å². The van der Waals surface area contributed by atoms with Gasteiger partial charge in [-0.05, 0) is 47.2 Å². The van der Waals surface area contributed by atoms with Gasteiger partial charge in [0.25, 0.3) is 5.91 Å². The predicted octanol–water partition coefficient (Wildman–Crippen LogP) is 1.43. The zero-order valence-electron chi connectivity index (χ0n) is 12.3. The molecule has 0 heterocycles. The molecule has 0 spiro atoms. The van der Waals surface area contributed by atoms with E-state index in [9.17, 15) is 14.4 Å². The molecule has 1 aromatic rings. The van der Waals surface area contributed by atoms with Crippen molar-refractivity contribution >= 4 is 51.0 Å². The fourth-order valence-corrected chi connectivity index (χ4v) is 2.13. The van der Waals surface area contributed by atoms with E-state index in [1.54, 1.807) is 31.2 Å². The smallest absolute Gasteiger partial charge is 0.306 e. The minimum Gasteiger partial charge on any atom is -0.466 e. The van der Waals surface area contributed by atoms with E-state index >= 15 is 0 Å². The van der Waals surface area contributed by atoms with Crippen molar-refractivity contribution in [1.82, 2.24) is 16.2 Å². The number of rotatable bonds is 5. The molecular weight excluding hydrogens is 386 g/mol. The van der Waals surface area contributed by atoms with Gasteiger partial charge in [-0.2, -0.15) is 0 Å². The van der Waals surface area contributed by atoms with Crippen LogP contribution in [-0.2, 0) is 14.3 Å². The van der Waals surface area contributed by atoms with Gasteiger partial charge in [-0.15, -0.1) is 0 Å². The maximum absolute atomic E-state index is 11.9. The second kappa shape index (κ2) is 9.90. The molecular formula is C14H16BrN3O4S. The first-order chi connectivity index (χ1) is 10.9. The lowest BCUT2D eigenvalue weighted by Gasteiger charge is -2.11. The SMILES string of the molecule is CCOC(=O)CCC(=O)NC(=S)NNC(=O)c1ccccc1Br. The lowest BCUT2D eigenvalue weighted by Crippen LogP contribution is -2.48. The summed E-state index contributed by atoms with van der Waals surface area (Å²) in [4.78, 5) is 34.6. The minimum absolute atomic E-state index is 0.0361. The van der Waals surface area contributed by atoms with Crippen LogP contribution in [-0.4, -0.2) is 29.5 Å². The molecule has 23 heavy (non-hydrogen) atoms. The molecule has 1 rings (SSSR count). The van der Waals surface area contributed by atoms with Gasteiger partial charge in [-0.1, -0.05) is 12.1 Å². The Morgan fingerprint density at radius 2 is 1.87 bits per heavy atom. The normalized spacial score (nSPS) is 9.65. The summed E-state index contributed by atoms with van der Waals surface area (Å²) in [5.74, 6) is -1.32. The number of carbonyl (C=O) groups excluding carboxylic acids is 3. The average molecular weight is 402 g/mol. The van der Waals surface area contributed by atoms with Crippen LogP contribution < -0.4 is 16.2 Å². The number of esters is 1. The molecule has 124 valence electrons. The summed E-state index contributed by atoms with van der Waals surface area (Å²) in [6, 6.07) is 6.85. The fourth-order valence-electron chi connectivity index (χ4n) is 1.50. The third-order valence-electron chi connectivity index (χ3n) is 2.52. The Morgan fingerprint density at radius 1 is 1.17 bits per heavy atom. The number of ether oxygens (including phenoxy) is 1. The highest BCUT2D eigenvalue weighted by atomic mass is 79.9. The highest BCUT2D eigenvalue weighted by molar-refractivity contribution is 9.10. The molecule has 0 aliphatic carbocycles. The molecule has 2 amide bonds. The van der Waals surface area contributed by atoms with Gasteiger partial charge in [-0.25, -0.2) is 0 Å². The summed E-state index contributed by atoms with van der Waals surface area (Å²) in [5, 5.41) is 2.28. The zero-order chi connectivity index (χ0) is 17.2. The van der Waals surface area contributed by atoms with Crippen LogP contribution in [0.15, 0.2) is 28.7 Å². The monoisotopic (exact) mass is 401 g/mol. The van der Waals surface area contributed by atoms with Crippen LogP contribution >= 0.6 is 28.1 Å². The molecule has 7 nitrogen and oxygen atoms in total. The van der Waals surface area contributed by atoms with Gasteiger partial charge in [0.15, 0.2) is 5.11 Å². The Kier molecular flexibility index (Phi) is 8.20. The molecule has 0 radical (unpaired) electrons. The van der Waals surface area contributed by atoms with Crippen molar-refractivity contribution in [1.29, 1.82) is 0 Å². The van der Waals surface area contributed by atoms with Gasteiger partial charge in [0.05, 0.1) is 18.6 Å². The maximum Gasteiger partial charge on any atom is 0.306 e. The molecule has 0 aliphatic heterocycles. The summed E-state index contributed by atoms with van der Waals surface area (Å²) in [5.41, 5.74) is 5.19. The molecule has 0 unspecified atom stereocenters. The Hall–Kier alpha value is -2.00. The summed E-state index contributed by atoms with van der Waals surface area (Å²) in [6.45, 7) is 1.95. The van der Waals surface area contributed by atoms with E-state index in [0.717, 1.165) is 0 Å². The molecule has 0 aliphatic rings. The summed E-state index contributed by atoms with van der Waals surface area (Å²) in [7, 11) is 0. The second-order valence-corrected chi connectivity index (χ2v) is 5.50. The molecule has 3 N–H and O–H groups in total. The number of halogens is 1. The quantitative estimate of drug-likeness (QED) is 0.392. The number of hydrogen-bond donors (Lipinski definition) is 3. The predicted molar refractivity (Wildman–Crippen MR) is 91.4 cm³/mol. The van der Waals surface area contributed by atoms with Gasteiger partial charge < -0.3 is 10.1 Å².